The standard InChI is InChI=1S/C15H25ClN2/c1-11(2)9-12(3)18(4)15(10-17)13-5-7-14(16)8-6-13/h5-8,11-12,15H,9-10,17H2,1-4H3. The molecule has 0 aromatic heterocycles. The third-order valence-corrected chi connectivity index (χ3v) is 3.73. The van der Waals surface area contributed by atoms with Gasteiger partial charge in [0.05, 0.1) is 0 Å². The Hall–Kier alpha value is -0.570. The maximum absolute atomic E-state index is 5.94. The third kappa shape index (κ3) is 4.27. The monoisotopic (exact) mass is 268 g/mol. The lowest BCUT2D eigenvalue weighted by Crippen LogP contribution is -2.37. The first-order chi connectivity index (χ1) is 8.45. The van der Waals surface area contributed by atoms with Gasteiger partial charge in [0.2, 0.25) is 0 Å². The van der Waals surface area contributed by atoms with Crippen LogP contribution in [0.15, 0.2) is 24.3 Å². The molecule has 18 heavy (non-hydrogen) atoms. The van der Waals surface area contributed by atoms with Crippen LogP contribution in [0.25, 0.3) is 0 Å². The van der Waals surface area contributed by atoms with E-state index in [9.17, 15) is 0 Å². The molecule has 0 aliphatic rings. The minimum Gasteiger partial charge on any atom is -0.329 e. The van der Waals surface area contributed by atoms with Gasteiger partial charge in [0.25, 0.3) is 0 Å². The summed E-state index contributed by atoms with van der Waals surface area (Å²) >= 11 is 5.93. The molecule has 0 radical (unpaired) electrons. The van der Waals surface area contributed by atoms with Crippen molar-refractivity contribution in [1.29, 1.82) is 0 Å². The van der Waals surface area contributed by atoms with Crippen molar-refractivity contribution in [2.45, 2.75) is 39.3 Å². The van der Waals surface area contributed by atoms with Gasteiger partial charge in [0, 0.05) is 23.7 Å². The van der Waals surface area contributed by atoms with Crippen LogP contribution in [-0.4, -0.2) is 24.5 Å². The lowest BCUT2D eigenvalue weighted by molar-refractivity contribution is 0.169. The number of benzene rings is 1. The zero-order valence-electron chi connectivity index (χ0n) is 11.9. The fraction of sp³-hybridized carbons (Fsp3) is 0.600. The normalized spacial score (nSPS) is 15.1. The molecule has 0 amide bonds. The van der Waals surface area contributed by atoms with Crippen molar-refractivity contribution in [1.82, 2.24) is 4.90 Å². The summed E-state index contributed by atoms with van der Waals surface area (Å²) in [5.74, 6) is 0.700. The molecule has 2 unspecified atom stereocenters. The Labute approximate surface area is 116 Å². The molecule has 0 aliphatic heterocycles. The first kappa shape index (κ1) is 15.5. The van der Waals surface area contributed by atoms with Crippen molar-refractivity contribution in [3.63, 3.8) is 0 Å². The van der Waals surface area contributed by atoms with Gasteiger partial charge in [-0.15, -0.1) is 0 Å². The van der Waals surface area contributed by atoms with Crippen molar-refractivity contribution in [3.05, 3.63) is 34.9 Å². The molecule has 1 aromatic carbocycles. The summed E-state index contributed by atoms with van der Waals surface area (Å²) in [7, 11) is 2.15. The van der Waals surface area contributed by atoms with E-state index in [2.05, 4.69) is 44.9 Å². The quantitative estimate of drug-likeness (QED) is 0.852. The fourth-order valence-corrected chi connectivity index (χ4v) is 2.50. The molecule has 3 heteroatoms. The van der Waals surface area contributed by atoms with Crippen LogP contribution in [0.1, 0.15) is 38.8 Å². The van der Waals surface area contributed by atoms with Gasteiger partial charge >= 0.3 is 0 Å². The predicted octanol–water partition coefficient (Wildman–Crippen LogP) is 3.71. The average molecular weight is 269 g/mol. The molecule has 1 aromatic rings. The smallest absolute Gasteiger partial charge is 0.0470 e. The molecule has 2 N–H and O–H groups in total. The summed E-state index contributed by atoms with van der Waals surface area (Å²) in [6.45, 7) is 7.40. The van der Waals surface area contributed by atoms with E-state index in [1.807, 2.05) is 12.1 Å². The highest BCUT2D eigenvalue weighted by Gasteiger charge is 2.20. The second-order valence-corrected chi connectivity index (χ2v) is 5.88. The van der Waals surface area contributed by atoms with E-state index in [-0.39, 0.29) is 6.04 Å². The first-order valence-electron chi connectivity index (χ1n) is 6.63. The number of nitrogens with zero attached hydrogens (tertiary/aromatic N) is 1. The van der Waals surface area contributed by atoms with Gasteiger partial charge < -0.3 is 5.73 Å². The van der Waals surface area contributed by atoms with Gasteiger partial charge in [-0.2, -0.15) is 0 Å². The highest BCUT2D eigenvalue weighted by Crippen LogP contribution is 2.24. The fourth-order valence-electron chi connectivity index (χ4n) is 2.38. The van der Waals surface area contributed by atoms with Gasteiger partial charge in [-0.3, -0.25) is 4.90 Å². The molecule has 0 heterocycles. The average Bonchev–Trinajstić information content (AvgIpc) is 2.31. The maximum Gasteiger partial charge on any atom is 0.0470 e. The Morgan fingerprint density at radius 3 is 2.17 bits per heavy atom. The zero-order valence-corrected chi connectivity index (χ0v) is 12.6. The third-order valence-electron chi connectivity index (χ3n) is 3.48. The molecule has 0 fully saturated rings. The van der Waals surface area contributed by atoms with E-state index in [0.717, 1.165) is 5.02 Å². The van der Waals surface area contributed by atoms with Crippen molar-refractivity contribution < 1.29 is 0 Å². The number of hydrogen-bond acceptors (Lipinski definition) is 2. The van der Waals surface area contributed by atoms with Crippen LogP contribution in [0.5, 0.6) is 0 Å². The van der Waals surface area contributed by atoms with Crippen LogP contribution in [-0.2, 0) is 0 Å². The number of halogens is 1. The van der Waals surface area contributed by atoms with Crippen molar-refractivity contribution in [2.75, 3.05) is 13.6 Å². The van der Waals surface area contributed by atoms with Gasteiger partial charge in [-0.25, -0.2) is 0 Å². The number of likely N-dealkylation sites (N-methyl/N-ethyl adjacent to an activating group) is 1. The molecule has 102 valence electrons. The van der Waals surface area contributed by atoms with Crippen LogP contribution < -0.4 is 5.73 Å². The Morgan fingerprint density at radius 1 is 1.17 bits per heavy atom. The number of hydrogen-bond donors (Lipinski definition) is 1. The summed E-state index contributed by atoms with van der Waals surface area (Å²) in [5, 5.41) is 0.771. The minimum atomic E-state index is 0.260. The first-order valence-corrected chi connectivity index (χ1v) is 7.01. The molecule has 0 bridgehead atoms. The summed E-state index contributed by atoms with van der Waals surface area (Å²) in [4.78, 5) is 2.36. The highest BCUT2D eigenvalue weighted by molar-refractivity contribution is 6.30. The van der Waals surface area contributed by atoms with E-state index < -0.39 is 0 Å². The summed E-state index contributed by atoms with van der Waals surface area (Å²) < 4.78 is 0. The van der Waals surface area contributed by atoms with E-state index >= 15 is 0 Å². The number of rotatable bonds is 6. The SMILES string of the molecule is CC(C)CC(C)N(C)C(CN)c1ccc(Cl)cc1. The summed E-state index contributed by atoms with van der Waals surface area (Å²) in [5.41, 5.74) is 7.17. The summed E-state index contributed by atoms with van der Waals surface area (Å²) in [6, 6.07) is 8.78. The van der Waals surface area contributed by atoms with Crippen LogP contribution in [0.2, 0.25) is 5.02 Å². The van der Waals surface area contributed by atoms with E-state index in [1.165, 1.54) is 12.0 Å². The van der Waals surface area contributed by atoms with Gasteiger partial charge in [-0.05, 0) is 44.0 Å². The minimum absolute atomic E-state index is 0.260. The molecule has 0 saturated heterocycles. The second-order valence-electron chi connectivity index (χ2n) is 5.45. The van der Waals surface area contributed by atoms with E-state index in [1.54, 1.807) is 0 Å². The van der Waals surface area contributed by atoms with Gasteiger partial charge in [-0.1, -0.05) is 37.6 Å². The lowest BCUT2D eigenvalue weighted by Gasteiger charge is -2.33. The zero-order chi connectivity index (χ0) is 13.7. The Morgan fingerprint density at radius 2 is 1.72 bits per heavy atom. The Bertz CT molecular complexity index is 348. The molecule has 2 nitrogen and oxygen atoms in total. The van der Waals surface area contributed by atoms with Crippen LogP contribution in [0.4, 0.5) is 0 Å². The molecular weight excluding hydrogens is 244 g/mol. The molecule has 0 aliphatic carbocycles. The van der Waals surface area contributed by atoms with Gasteiger partial charge in [0.15, 0.2) is 0 Å². The van der Waals surface area contributed by atoms with Crippen molar-refractivity contribution in [3.8, 4) is 0 Å². The highest BCUT2D eigenvalue weighted by atomic mass is 35.5. The van der Waals surface area contributed by atoms with Crippen LogP contribution in [0.3, 0.4) is 0 Å². The predicted molar refractivity (Wildman–Crippen MR) is 79.9 cm³/mol. The Kier molecular flexibility index (Phi) is 6.13. The van der Waals surface area contributed by atoms with Crippen molar-refractivity contribution in [2.24, 2.45) is 11.7 Å². The molecular formula is C15H25ClN2. The molecule has 1 rings (SSSR count). The number of nitrogens with two attached hydrogens (primary N) is 1. The van der Waals surface area contributed by atoms with Crippen molar-refractivity contribution >= 4 is 11.6 Å². The lowest BCUT2D eigenvalue weighted by atomic mass is 9.99. The summed E-state index contributed by atoms with van der Waals surface area (Å²) in [6.07, 6.45) is 1.18. The molecule has 0 saturated carbocycles. The van der Waals surface area contributed by atoms with Gasteiger partial charge in [0.1, 0.15) is 0 Å². The molecule has 0 spiro atoms. The molecule has 2 atom stereocenters. The van der Waals surface area contributed by atoms with Crippen LogP contribution in [0, 0.1) is 5.92 Å². The topological polar surface area (TPSA) is 29.3 Å². The maximum atomic E-state index is 5.94. The second kappa shape index (κ2) is 7.13. The van der Waals surface area contributed by atoms with Crippen LogP contribution >= 0.6 is 11.6 Å². The van der Waals surface area contributed by atoms with E-state index in [0.29, 0.717) is 18.5 Å². The van der Waals surface area contributed by atoms with E-state index in [4.69, 9.17) is 17.3 Å². The largest absolute Gasteiger partial charge is 0.329 e. The Balaban J connectivity index is 2.79.